The third kappa shape index (κ3) is 20.9. The number of benzene rings is 4. The van der Waals surface area contributed by atoms with Gasteiger partial charge < -0.3 is 18.9 Å². The van der Waals surface area contributed by atoms with Crippen LogP contribution in [0.4, 0.5) is 0 Å². The fraction of sp³-hybridized carbons (Fsp3) is 0.571. The van der Waals surface area contributed by atoms with Crippen molar-refractivity contribution in [3.63, 3.8) is 0 Å². The van der Waals surface area contributed by atoms with Crippen LogP contribution in [0.15, 0.2) is 83.6 Å². The molecule has 10 rings (SSSR count). The van der Waals surface area contributed by atoms with E-state index in [0.717, 1.165) is 75.1 Å². The molecule has 0 aliphatic carbocycles. The molecule has 0 aliphatic heterocycles. The van der Waals surface area contributed by atoms with Crippen molar-refractivity contribution in [3.8, 4) is 52.3 Å². The van der Waals surface area contributed by atoms with Crippen molar-refractivity contribution in [2.45, 2.75) is 285 Å². The van der Waals surface area contributed by atoms with Gasteiger partial charge in [0.1, 0.15) is 23.0 Å². The maximum Gasteiger partial charge on any atom is 0.129 e. The van der Waals surface area contributed by atoms with Crippen molar-refractivity contribution >= 4 is 130 Å². The molecule has 4 aromatic carbocycles. The lowest BCUT2D eigenvalue weighted by atomic mass is 10.0. The van der Waals surface area contributed by atoms with Crippen molar-refractivity contribution in [2.75, 3.05) is 26.4 Å². The predicted octanol–water partition coefficient (Wildman–Crippen LogP) is 31.2. The number of hydrogen-bond acceptors (Lipinski definition) is 10. The van der Waals surface area contributed by atoms with Gasteiger partial charge in [-0.2, -0.15) is 0 Å². The Balaban J connectivity index is 0.879. The Morgan fingerprint density at radius 1 is 0.223 bits per heavy atom. The summed E-state index contributed by atoms with van der Waals surface area (Å²) >= 11 is 11.4. The van der Waals surface area contributed by atoms with Crippen LogP contribution in [0, 0.1) is 0 Å². The van der Waals surface area contributed by atoms with Crippen LogP contribution in [0.25, 0.3) is 91.2 Å². The molecule has 0 aliphatic rings. The summed E-state index contributed by atoms with van der Waals surface area (Å²) in [4.78, 5) is 7.84. The molecule has 0 N–H and O–H groups in total. The molecular formula is C84H114O4S6. The van der Waals surface area contributed by atoms with E-state index in [4.69, 9.17) is 18.9 Å². The Morgan fingerprint density at radius 3 is 0.734 bits per heavy atom. The molecule has 0 radical (unpaired) electrons. The normalized spacial score (nSPS) is 12.0. The minimum Gasteiger partial charge on any atom is -0.493 e. The van der Waals surface area contributed by atoms with Crippen LogP contribution in [0.2, 0.25) is 0 Å². The largest absolute Gasteiger partial charge is 0.493 e. The highest BCUT2D eigenvalue weighted by molar-refractivity contribution is 7.31. The summed E-state index contributed by atoms with van der Waals surface area (Å²) in [6, 6.07) is 28.2. The van der Waals surface area contributed by atoms with Crippen LogP contribution in [-0.4, -0.2) is 26.4 Å². The maximum absolute atomic E-state index is 6.96. The number of hydrogen-bond donors (Lipinski definition) is 0. The topological polar surface area (TPSA) is 36.9 Å². The van der Waals surface area contributed by atoms with Crippen LogP contribution in [-0.2, 0) is 0 Å². The van der Waals surface area contributed by atoms with E-state index in [1.54, 1.807) is 0 Å². The fourth-order valence-corrected chi connectivity index (χ4v) is 20.4. The molecule has 0 bridgehead atoms. The van der Waals surface area contributed by atoms with Gasteiger partial charge in [-0.15, -0.1) is 68.0 Å². The predicted molar refractivity (Wildman–Crippen MR) is 424 cm³/mol. The Bertz CT molecular complexity index is 3480. The summed E-state index contributed by atoms with van der Waals surface area (Å²) in [5.41, 5.74) is 0. The first kappa shape index (κ1) is 72.6. The molecule has 94 heavy (non-hydrogen) atoms. The van der Waals surface area contributed by atoms with Gasteiger partial charge in [0, 0.05) is 69.6 Å². The van der Waals surface area contributed by atoms with E-state index in [1.807, 2.05) is 68.0 Å². The van der Waals surface area contributed by atoms with E-state index < -0.39 is 0 Å². The monoisotopic (exact) mass is 1380 g/mol. The molecule has 0 unspecified atom stereocenters. The summed E-state index contributed by atoms with van der Waals surface area (Å²) in [6.07, 6.45) is 52.6. The van der Waals surface area contributed by atoms with Crippen molar-refractivity contribution < 1.29 is 18.9 Å². The molecule has 0 spiro atoms. The van der Waals surface area contributed by atoms with Crippen molar-refractivity contribution in [1.29, 1.82) is 0 Å². The standard InChI is InChI=1S/C84H114O4S6/c1-5-9-13-17-21-25-29-33-37-41-51-85-67-57-63-49-55-89-81(63)77-69(87-53-43-39-35-31-27-23-19-15-11-7-3)59-65-61-75(93-83(65)79(67)77)73-47-45-71(91-73)72-46-48-74(92-72)76-62-66-60-70(88-54-44-40-36-32-28-24-20-16-12-8-4)78-80(84(66)94-76)68(58-64-50-56-90-82(64)78)86-52-42-38-34-30-26-22-18-14-10-6-2/h45-50,55-62H,5-44,51-54H2,1-4H3. The molecule has 0 fully saturated rings. The van der Waals surface area contributed by atoms with E-state index in [-0.39, 0.29) is 0 Å². The molecular weight excluding hydrogens is 1270 g/mol. The zero-order valence-electron chi connectivity index (χ0n) is 58.3. The van der Waals surface area contributed by atoms with Crippen LogP contribution < -0.4 is 18.9 Å². The Morgan fingerprint density at radius 2 is 0.457 bits per heavy atom. The number of thiophene rings is 6. The average molecular weight is 1380 g/mol. The number of fused-ring (bicyclic) bond motifs is 10. The Hall–Kier alpha value is -4.16. The van der Waals surface area contributed by atoms with Crippen molar-refractivity contribution in [1.82, 2.24) is 0 Å². The third-order valence-corrected chi connectivity index (χ3v) is 26.4. The third-order valence-electron chi connectivity index (χ3n) is 19.4. The summed E-state index contributed by atoms with van der Waals surface area (Å²) in [6.45, 7) is 12.2. The van der Waals surface area contributed by atoms with Gasteiger partial charge in [-0.25, -0.2) is 0 Å². The molecule has 0 atom stereocenters. The van der Waals surface area contributed by atoms with Gasteiger partial charge in [0.25, 0.3) is 0 Å². The number of rotatable bonds is 51. The first-order valence-corrected chi connectivity index (χ1v) is 43.1. The molecule has 6 heterocycles. The van der Waals surface area contributed by atoms with Crippen LogP contribution in [0.1, 0.15) is 285 Å². The summed E-state index contributed by atoms with van der Waals surface area (Å²) in [5, 5.41) is 14.4. The van der Waals surface area contributed by atoms with E-state index in [0.29, 0.717) is 0 Å². The minimum atomic E-state index is 0.738. The lowest BCUT2D eigenvalue weighted by Gasteiger charge is -2.15. The lowest BCUT2D eigenvalue weighted by Crippen LogP contribution is -2.00. The zero-order chi connectivity index (χ0) is 64.8. The summed E-state index contributed by atoms with van der Waals surface area (Å²) < 4.78 is 33.0. The van der Waals surface area contributed by atoms with Crippen molar-refractivity contribution in [2.24, 2.45) is 0 Å². The maximum atomic E-state index is 6.96. The highest BCUT2D eigenvalue weighted by Gasteiger charge is 2.23. The van der Waals surface area contributed by atoms with Gasteiger partial charge in [-0.1, -0.05) is 259 Å². The fourth-order valence-electron chi connectivity index (χ4n) is 13.9. The smallest absolute Gasteiger partial charge is 0.129 e. The highest BCUT2D eigenvalue weighted by Crippen LogP contribution is 2.53. The van der Waals surface area contributed by atoms with E-state index in [2.05, 4.69) is 111 Å². The minimum absolute atomic E-state index is 0.738. The van der Waals surface area contributed by atoms with Crippen molar-refractivity contribution in [3.05, 3.63) is 83.6 Å². The van der Waals surface area contributed by atoms with Crippen LogP contribution in [0.5, 0.6) is 23.0 Å². The van der Waals surface area contributed by atoms with Gasteiger partial charge in [0.15, 0.2) is 0 Å². The van der Waals surface area contributed by atoms with Gasteiger partial charge in [0.05, 0.1) is 26.4 Å². The molecule has 6 aromatic heterocycles. The molecule has 10 heteroatoms. The quantitative estimate of drug-likeness (QED) is 0.0356. The summed E-state index contributed by atoms with van der Waals surface area (Å²) in [5.74, 6) is 4.03. The van der Waals surface area contributed by atoms with Gasteiger partial charge in [-0.3, -0.25) is 0 Å². The second-order valence-corrected chi connectivity index (χ2v) is 33.3. The molecule has 510 valence electrons. The number of ether oxygens (including phenoxy) is 4. The van der Waals surface area contributed by atoms with Gasteiger partial charge in [-0.05, 0) is 131 Å². The Labute approximate surface area is 591 Å². The second kappa shape index (κ2) is 40.7. The second-order valence-electron chi connectivity index (χ2n) is 27.2. The average Bonchev–Trinajstić information content (AvgIpc) is 1.49. The van der Waals surface area contributed by atoms with E-state index in [1.165, 1.54) is 322 Å². The molecule has 0 saturated heterocycles. The van der Waals surface area contributed by atoms with Crippen LogP contribution >= 0.6 is 68.0 Å². The SMILES string of the molecule is CCCCCCCCCCCCOc1cc2cc(-c3ccc(-c4ccc(-c5cc6cc(OCCCCCCCCCCCC)c7c8sccc8cc(OCCCCCCCCCCCC)c7c6s5)s4)s3)sc2c2c(OCCCCCCCCCCCC)cc3ccsc3c12. The van der Waals surface area contributed by atoms with Gasteiger partial charge in [0.2, 0.25) is 0 Å². The first-order chi connectivity index (χ1) is 46.6. The van der Waals surface area contributed by atoms with Gasteiger partial charge >= 0.3 is 0 Å². The lowest BCUT2D eigenvalue weighted by molar-refractivity contribution is 0.305. The molecule has 10 aromatic rings. The first-order valence-electron chi connectivity index (χ1n) is 38.1. The highest BCUT2D eigenvalue weighted by atomic mass is 32.1. The van der Waals surface area contributed by atoms with E-state index in [9.17, 15) is 0 Å². The molecule has 0 amide bonds. The zero-order valence-corrected chi connectivity index (χ0v) is 63.2. The van der Waals surface area contributed by atoms with Crippen LogP contribution in [0.3, 0.4) is 0 Å². The Kier molecular flexibility index (Phi) is 31.4. The number of unbranched alkanes of at least 4 members (excludes halogenated alkanes) is 36. The summed E-state index contributed by atoms with van der Waals surface area (Å²) in [7, 11) is 0. The molecule has 0 saturated carbocycles. The van der Waals surface area contributed by atoms with E-state index >= 15 is 0 Å². The molecule has 4 nitrogen and oxygen atoms in total.